The van der Waals surface area contributed by atoms with Crippen molar-refractivity contribution in [1.82, 2.24) is 9.55 Å². The van der Waals surface area contributed by atoms with Gasteiger partial charge in [0.15, 0.2) is 0 Å². The van der Waals surface area contributed by atoms with Crippen LogP contribution < -0.4 is 5.56 Å². The second-order valence-corrected chi connectivity index (χ2v) is 5.15. The quantitative estimate of drug-likeness (QED) is 0.849. The normalized spacial score (nSPS) is 10.5. The number of rotatable bonds is 2. The van der Waals surface area contributed by atoms with E-state index in [2.05, 4.69) is 20.9 Å². The topological polar surface area (TPSA) is 34.9 Å². The number of nitrogens with zero attached hydrogens (tertiary/aromatic N) is 2. The highest BCUT2D eigenvalue weighted by atomic mass is 79.9. The molecule has 0 spiro atoms. The molecule has 2 heterocycles. The maximum absolute atomic E-state index is 11.5. The standard InChI is InChI=1S/C10H9BrN2OS/c1-7-12-9(6-15-7)5-13-4-8(11)2-3-10(13)14/h2-4,6H,5H2,1H3. The van der Waals surface area contributed by atoms with E-state index in [1.54, 1.807) is 34.2 Å². The van der Waals surface area contributed by atoms with Crippen LogP contribution in [0.15, 0.2) is 33.0 Å². The molecule has 2 aromatic rings. The predicted molar refractivity (Wildman–Crippen MR) is 64.4 cm³/mol. The van der Waals surface area contributed by atoms with Gasteiger partial charge in [-0.2, -0.15) is 0 Å². The number of aromatic nitrogens is 2. The Bertz CT molecular complexity index is 532. The lowest BCUT2D eigenvalue weighted by molar-refractivity contribution is 0.739. The van der Waals surface area contributed by atoms with Crippen molar-refractivity contribution < 1.29 is 0 Å². The third kappa shape index (κ3) is 2.54. The summed E-state index contributed by atoms with van der Waals surface area (Å²) >= 11 is 4.93. The fourth-order valence-electron chi connectivity index (χ4n) is 1.28. The Morgan fingerprint density at radius 2 is 2.33 bits per heavy atom. The minimum Gasteiger partial charge on any atom is -0.308 e. The Hall–Kier alpha value is -0.940. The van der Waals surface area contributed by atoms with Crippen LogP contribution in [0.2, 0.25) is 0 Å². The molecule has 0 aromatic carbocycles. The first-order valence-corrected chi connectivity index (χ1v) is 6.09. The van der Waals surface area contributed by atoms with Gasteiger partial charge in [-0.15, -0.1) is 11.3 Å². The second-order valence-electron chi connectivity index (χ2n) is 3.17. The molecule has 0 aliphatic rings. The molecule has 0 saturated heterocycles. The molecule has 0 aliphatic heterocycles. The van der Waals surface area contributed by atoms with Crippen molar-refractivity contribution in [3.05, 3.63) is 49.2 Å². The molecule has 0 saturated carbocycles. The number of halogens is 1. The minimum atomic E-state index is -0.0103. The molecule has 0 fully saturated rings. The molecule has 2 rings (SSSR count). The third-order valence-electron chi connectivity index (χ3n) is 1.95. The zero-order valence-electron chi connectivity index (χ0n) is 8.11. The summed E-state index contributed by atoms with van der Waals surface area (Å²) < 4.78 is 2.53. The molecule has 0 unspecified atom stereocenters. The molecular formula is C10H9BrN2OS. The predicted octanol–water partition coefficient (Wildman–Crippen LogP) is 2.42. The fourth-order valence-corrected chi connectivity index (χ4v) is 2.26. The SMILES string of the molecule is Cc1nc(Cn2cc(Br)ccc2=O)cs1. The Balaban J connectivity index is 2.31. The number of pyridine rings is 1. The lowest BCUT2D eigenvalue weighted by atomic mass is 10.4. The highest BCUT2D eigenvalue weighted by Crippen LogP contribution is 2.10. The van der Waals surface area contributed by atoms with Gasteiger partial charge >= 0.3 is 0 Å². The molecule has 0 radical (unpaired) electrons. The van der Waals surface area contributed by atoms with Crippen LogP contribution in [0, 0.1) is 6.92 Å². The maximum atomic E-state index is 11.5. The first kappa shape index (κ1) is 10.6. The Labute approximate surface area is 99.5 Å². The summed E-state index contributed by atoms with van der Waals surface area (Å²) in [7, 11) is 0. The van der Waals surface area contributed by atoms with E-state index < -0.39 is 0 Å². The number of aryl methyl sites for hydroxylation is 1. The summed E-state index contributed by atoms with van der Waals surface area (Å²) in [5.41, 5.74) is 0.918. The van der Waals surface area contributed by atoms with E-state index in [-0.39, 0.29) is 5.56 Å². The van der Waals surface area contributed by atoms with E-state index in [1.807, 2.05) is 12.3 Å². The van der Waals surface area contributed by atoms with E-state index in [0.29, 0.717) is 6.54 Å². The zero-order valence-corrected chi connectivity index (χ0v) is 10.5. The van der Waals surface area contributed by atoms with Gasteiger partial charge in [0.05, 0.1) is 17.2 Å². The Morgan fingerprint density at radius 1 is 1.53 bits per heavy atom. The molecule has 5 heteroatoms. The van der Waals surface area contributed by atoms with Gasteiger partial charge < -0.3 is 4.57 Å². The van der Waals surface area contributed by atoms with E-state index in [1.165, 1.54) is 0 Å². The summed E-state index contributed by atoms with van der Waals surface area (Å²) in [6.07, 6.45) is 1.77. The average molecular weight is 285 g/mol. The van der Waals surface area contributed by atoms with E-state index in [9.17, 15) is 4.79 Å². The summed E-state index contributed by atoms with van der Waals surface area (Å²) in [4.78, 5) is 15.8. The molecule has 2 aromatic heterocycles. The van der Waals surface area contributed by atoms with E-state index in [0.717, 1.165) is 15.2 Å². The maximum Gasteiger partial charge on any atom is 0.250 e. The average Bonchev–Trinajstić information content (AvgIpc) is 2.58. The smallest absolute Gasteiger partial charge is 0.250 e. The van der Waals surface area contributed by atoms with Gasteiger partial charge in [-0.1, -0.05) is 0 Å². The number of thiazole rings is 1. The highest BCUT2D eigenvalue weighted by Gasteiger charge is 2.01. The molecule has 0 N–H and O–H groups in total. The number of hydrogen-bond donors (Lipinski definition) is 0. The second kappa shape index (κ2) is 4.28. The van der Waals surface area contributed by atoms with Crippen molar-refractivity contribution in [3.63, 3.8) is 0 Å². The van der Waals surface area contributed by atoms with Gasteiger partial charge in [0.2, 0.25) is 0 Å². The van der Waals surface area contributed by atoms with Gasteiger partial charge in [0.25, 0.3) is 5.56 Å². The molecule has 3 nitrogen and oxygen atoms in total. The summed E-state index contributed by atoms with van der Waals surface area (Å²) in [5, 5.41) is 3.00. The molecule has 15 heavy (non-hydrogen) atoms. The first-order chi connectivity index (χ1) is 7.15. The van der Waals surface area contributed by atoms with E-state index in [4.69, 9.17) is 0 Å². The van der Waals surface area contributed by atoms with Gasteiger partial charge in [-0.05, 0) is 28.9 Å². The number of hydrogen-bond acceptors (Lipinski definition) is 3. The van der Waals surface area contributed by atoms with Crippen LogP contribution in [0.5, 0.6) is 0 Å². The van der Waals surface area contributed by atoms with Gasteiger partial charge in [-0.3, -0.25) is 4.79 Å². The molecule has 0 amide bonds. The van der Waals surface area contributed by atoms with Crippen molar-refractivity contribution in [2.45, 2.75) is 13.5 Å². The summed E-state index contributed by atoms with van der Waals surface area (Å²) in [5.74, 6) is 0. The third-order valence-corrected chi connectivity index (χ3v) is 3.24. The van der Waals surface area contributed by atoms with Gasteiger partial charge in [0, 0.05) is 22.1 Å². The van der Waals surface area contributed by atoms with Crippen LogP contribution >= 0.6 is 27.3 Å². The lowest BCUT2D eigenvalue weighted by Gasteiger charge is -2.02. The molecule has 0 atom stereocenters. The largest absolute Gasteiger partial charge is 0.308 e. The molecule has 78 valence electrons. The monoisotopic (exact) mass is 284 g/mol. The Morgan fingerprint density at radius 3 is 3.00 bits per heavy atom. The van der Waals surface area contributed by atoms with Crippen LogP contribution in [0.1, 0.15) is 10.7 Å². The van der Waals surface area contributed by atoms with Crippen LogP contribution in [0.4, 0.5) is 0 Å². The summed E-state index contributed by atoms with van der Waals surface area (Å²) in [6.45, 7) is 2.49. The van der Waals surface area contributed by atoms with E-state index >= 15 is 0 Å². The van der Waals surface area contributed by atoms with Crippen molar-refractivity contribution in [2.75, 3.05) is 0 Å². The highest BCUT2D eigenvalue weighted by molar-refractivity contribution is 9.10. The van der Waals surface area contributed by atoms with Gasteiger partial charge in [0.1, 0.15) is 0 Å². The van der Waals surface area contributed by atoms with Crippen LogP contribution in [-0.2, 0) is 6.54 Å². The van der Waals surface area contributed by atoms with Crippen molar-refractivity contribution in [2.24, 2.45) is 0 Å². The van der Waals surface area contributed by atoms with Crippen molar-refractivity contribution in [1.29, 1.82) is 0 Å². The lowest BCUT2D eigenvalue weighted by Crippen LogP contribution is -2.18. The Kier molecular flexibility index (Phi) is 3.02. The van der Waals surface area contributed by atoms with Crippen molar-refractivity contribution in [3.8, 4) is 0 Å². The van der Waals surface area contributed by atoms with Crippen LogP contribution in [0.25, 0.3) is 0 Å². The minimum absolute atomic E-state index is 0.0103. The fraction of sp³-hybridized carbons (Fsp3) is 0.200. The van der Waals surface area contributed by atoms with Gasteiger partial charge in [-0.25, -0.2) is 4.98 Å². The van der Waals surface area contributed by atoms with Crippen LogP contribution in [0.3, 0.4) is 0 Å². The molecular weight excluding hydrogens is 276 g/mol. The van der Waals surface area contributed by atoms with Crippen molar-refractivity contribution >= 4 is 27.3 Å². The summed E-state index contributed by atoms with van der Waals surface area (Å²) in [6, 6.07) is 3.29. The first-order valence-electron chi connectivity index (χ1n) is 4.42. The molecule has 0 bridgehead atoms. The zero-order chi connectivity index (χ0) is 10.8. The molecule has 0 aliphatic carbocycles. The van der Waals surface area contributed by atoms with Crippen LogP contribution in [-0.4, -0.2) is 9.55 Å².